The van der Waals surface area contributed by atoms with Gasteiger partial charge in [-0.15, -0.1) is 0 Å². The van der Waals surface area contributed by atoms with Crippen molar-refractivity contribution in [3.63, 3.8) is 0 Å². The van der Waals surface area contributed by atoms with Crippen LogP contribution in [0, 0.1) is 0 Å². The molecule has 0 bridgehead atoms. The molecule has 0 radical (unpaired) electrons. The molecule has 0 aliphatic heterocycles. The van der Waals surface area contributed by atoms with Crippen molar-refractivity contribution in [3.8, 4) is 0 Å². The first-order valence-electron chi connectivity index (χ1n) is 5.82. The van der Waals surface area contributed by atoms with E-state index in [1.165, 1.54) is 24.2 Å². The summed E-state index contributed by atoms with van der Waals surface area (Å²) in [6.45, 7) is 3.19. The lowest BCUT2D eigenvalue weighted by molar-refractivity contribution is 0.556. The van der Waals surface area contributed by atoms with Crippen molar-refractivity contribution in [1.82, 2.24) is 5.32 Å². The van der Waals surface area contributed by atoms with Gasteiger partial charge in [0.05, 0.1) is 10.0 Å². The third kappa shape index (κ3) is 5.52. The third-order valence-corrected chi connectivity index (χ3v) is 4.11. The van der Waals surface area contributed by atoms with Gasteiger partial charge in [-0.1, -0.05) is 29.3 Å². The minimum absolute atomic E-state index is 0.319. The molecule has 17 heavy (non-hydrogen) atoms. The Balaban J connectivity index is 2.36. The zero-order valence-corrected chi connectivity index (χ0v) is 12.6. The first-order chi connectivity index (χ1) is 8.15. The molecule has 0 aromatic heterocycles. The largest absolute Gasteiger partial charge is 0.310 e. The third-order valence-electron chi connectivity index (χ3n) is 2.67. The topological polar surface area (TPSA) is 12.0 Å². The molecule has 0 amide bonds. The maximum atomic E-state index is 6.00. The Labute approximate surface area is 118 Å². The maximum absolute atomic E-state index is 6.00. The summed E-state index contributed by atoms with van der Waals surface area (Å²) < 4.78 is 0. The first-order valence-corrected chi connectivity index (χ1v) is 7.97. The van der Waals surface area contributed by atoms with Crippen molar-refractivity contribution >= 4 is 35.0 Å². The smallest absolute Gasteiger partial charge is 0.0595 e. The van der Waals surface area contributed by atoms with Gasteiger partial charge in [-0.3, -0.25) is 0 Å². The molecule has 1 aromatic carbocycles. The summed E-state index contributed by atoms with van der Waals surface area (Å²) in [5.74, 6) is 1.24. The number of unbranched alkanes of at least 4 members (excludes halogenated alkanes) is 1. The lowest BCUT2D eigenvalue weighted by Crippen LogP contribution is -2.19. The van der Waals surface area contributed by atoms with Crippen molar-refractivity contribution in [2.45, 2.75) is 25.8 Å². The van der Waals surface area contributed by atoms with E-state index >= 15 is 0 Å². The monoisotopic (exact) mass is 291 g/mol. The van der Waals surface area contributed by atoms with Gasteiger partial charge >= 0.3 is 0 Å². The molecule has 1 unspecified atom stereocenters. The summed E-state index contributed by atoms with van der Waals surface area (Å²) in [7, 11) is 0. The van der Waals surface area contributed by atoms with Gasteiger partial charge in [0.1, 0.15) is 0 Å². The molecule has 1 aromatic rings. The number of benzene rings is 1. The second-order valence-electron chi connectivity index (χ2n) is 4.05. The van der Waals surface area contributed by atoms with Gasteiger partial charge in [0.2, 0.25) is 0 Å². The summed E-state index contributed by atoms with van der Waals surface area (Å²) in [5, 5.41) is 4.73. The fourth-order valence-corrected chi connectivity index (χ4v) is 2.39. The van der Waals surface area contributed by atoms with Crippen LogP contribution in [0.1, 0.15) is 31.4 Å². The van der Waals surface area contributed by atoms with E-state index in [0.717, 1.165) is 6.54 Å². The summed E-state index contributed by atoms with van der Waals surface area (Å²) in [6, 6.07) is 6.13. The molecule has 0 saturated carbocycles. The fraction of sp³-hybridized carbons (Fsp3) is 0.538. The zero-order chi connectivity index (χ0) is 12.7. The van der Waals surface area contributed by atoms with Gasteiger partial charge < -0.3 is 5.32 Å². The van der Waals surface area contributed by atoms with Crippen LogP contribution in [-0.4, -0.2) is 18.6 Å². The van der Waals surface area contributed by atoms with E-state index in [-0.39, 0.29) is 0 Å². The van der Waals surface area contributed by atoms with E-state index in [0.29, 0.717) is 16.1 Å². The molecule has 0 heterocycles. The SMILES string of the molecule is CSCCCCNC(C)c1ccc(Cl)c(Cl)c1. The van der Waals surface area contributed by atoms with Crippen LogP contribution in [0.5, 0.6) is 0 Å². The van der Waals surface area contributed by atoms with Crippen LogP contribution in [0.2, 0.25) is 10.0 Å². The van der Waals surface area contributed by atoms with Gasteiger partial charge in [0.15, 0.2) is 0 Å². The van der Waals surface area contributed by atoms with Crippen molar-refractivity contribution < 1.29 is 0 Å². The lowest BCUT2D eigenvalue weighted by Gasteiger charge is -2.14. The first kappa shape index (κ1) is 15.2. The number of nitrogens with one attached hydrogen (secondary N) is 1. The van der Waals surface area contributed by atoms with Crippen LogP contribution in [-0.2, 0) is 0 Å². The van der Waals surface area contributed by atoms with Crippen molar-refractivity contribution in [2.24, 2.45) is 0 Å². The number of rotatable bonds is 7. The average molecular weight is 292 g/mol. The summed E-state index contributed by atoms with van der Waals surface area (Å²) in [5.41, 5.74) is 1.18. The molecule has 1 rings (SSSR count). The zero-order valence-electron chi connectivity index (χ0n) is 10.3. The fourth-order valence-electron chi connectivity index (χ4n) is 1.59. The summed E-state index contributed by atoms with van der Waals surface area (Å²) in [4.78, 5) is 0. The van der Waals surface area contributed by atoms with E-state index in [9.17, 15) is 0 Å². The molecule has 0 aliphatic rings. The van der Waals surface area contributed by atoms with E-state index < -0.39 is 0 Å². The predicted molar refractivity (Wildman–Crippen MR) is 80.5 cm³/mol. The molecular formula is C13H19Cl2NS. The number of halogens is 2. The van der Waals surface area contributed by atoms with Crippen molar-refractivity contribution in [1.29, 1.82) is 0 Å². The van der Waals surface area contributed by atoms with Crippen LogP contribution in [0.3, 0.4) is 0 Å². The van der Waals surface area contributed by atoms with E-state index in [4.69, 9.17) is 23.2 Å². The highest BCUT2D eigenvalue weighted by atomic mass is 35.5. The highest BCUT2D eigenvalue weighted by molar-refractivity contribution is 7.98. The molecule has 0 saturated heterocycles. The van der Waals surface area contributed by atoms with Crippen LogP contribution in [0.15, 0.2) is 18.2 Å². The van der Waals surface area contributed by atoms with E-state index in [1.807, 2.05) is 30.0 Å². The Morgan fingerprint density at radius 1 is 1.24 bits per heavy atom. The van der Waals surface area contributed by atoms with Crippen LogP contribution < -0.4 is 5.32 Å². The highest BCUT2D eigenvalue weighted by Gasteiger charge is 2.06. The molecule has 0 spiro atoms. The Kier molecular flexibility index (Phi) is 7.36. The molecule has 1 nitrogen and oxygen atoms in total. The van der Waals surface area contributed by atoms with Crippen molar-refractivity contribution in [3.05, 3.63) is 33.8 Å². The Hall–Kier alpha value is 0.110. The van der Waals surface area contributed by atoms with Gasteiger partial charge in [-0.2, -0.15) is 11.8 Å². The molecular weight excluding hydrogens is 273 g/mol. The van der Waals surface area contributed by atoms with Crippen LogP contribution in [0.25, 0.3) is 0 Å². The molecule has 1 atom stereocenters. The number of thioether (sulfide) groups is 1. The number of hydrogen-bond donors (Lipinski definition) is 1. The van der Waals surface area contributed by atoms with Gasteiger partial charge in [0, 0.05) is 6.04 Å². The average Bonchev–Trinajstić information content (AvgIpc) is 2.32. The second kappa shape index (κ2) is 8.25. The minimum Gasteiger partial charge on any atom is -0.310 e. The molecule has 0 fully saturated rings. The van der Waals surface area contributed by atoms with Crippen molar-refractivity contribution in [2.75, 3.05) is 18.6 Å². The molecule has 96 valence electrons. The highest BCUT2D eigenvalue weighted by Crippen LogP contribution is 2.25. The number of hydrogen-bond acceptors (Lipinski definition) is 2. The van der Waals surface area contributed by atoms with Crippen LogP contribution in [0.4, 0.5) is 0 Å². The Morgan fingerprint density at radius 2 is 2.00 bits per heavy atom. The Bertz CT molecular complexity index is 344. The van der Waals surface area contributed by atoms with Gasteiger partial charge in [-0.25, -0.2) is 0 Å². The summed E-state index contributed by atoms with van der Waals surface area (Å²) in [6.07, 6.45) is 4.63. The lowest BCUT2D eigenvalue weighted by atomic mass is 10.1. The maximum Gasteiger partial charge on any atom is 0.0595 e. The van der Waals surface area contributed by atoms with Gasteiger partial charge in [-0.05, 0) is 56.0 Å². The van der Waals surface area contributed by atoms with E-state index in [1.54, 1.807) is 0 Å². The normalized spacial score (nSPS) is 12.7. The Morgan fingerprint density at radius 3 is 2.65 bits per heavy atom. The summed E-state index contributed by atoms with van der Waals surface area (Å²) >= 11 is 13.8. The molecule has 0 aliphatic carbocycles. The second-order valence-corrected chi connectivity index (χ2v) is 5.85. The van der Waals surface area contributed by atoms with Crippen LogP contribution >= 0.6 is 35.0 Å². The quantitative estimate of drug-likeness (QED) is 0.725. The molecule has 1 N–H and O–H groups in total. The standard InChI is InChI=1S/C13H19Cl2NS/c1-10(16-7-3-4-8-17-2)11-5-6-12(14)13(15)9-11/h5-6,9-10,16H,3-4,7-8H2,1-2H3. The predicted octanol–water partition coefficient (Wildman–Crippen LogP) is 4.79. The minimum atomic E-state index is 0.319. The molecule has 4 heteroatoms. The van der Waals surface area contributed by atoms with Gasteiger partial charge in [0.25, 0.3) is 0 Å². The van der Waals surface area contributed by atoms with E-state index in [2.05, 4.69) is 18.5 Å².